The lowest BCUT2D eigenvalue weighted by Gasteiger charge is -2.37. The van der Waals surface area contributed by atoms with Gasteiger partial charge in [0.05, 0.1) is 6.10 Å². The molecule has 1 fully saturated rings. The minimum absolute atomic E-state index is 0.205. The van der Waals surface area contributed by atoms with Crippen molar-refractivity contribution in [1.82, 2.24) is 0 Å². The Labute approximate surface area is 123 Å². The van der Waals surface area contributed by atoms with Gasteiger partial charge in [-0.05, 0) is 56.6 Å². The third-order valence-corrected chi connectivity index (χ3v) is 4.57. The Hall–Kier alpha value is -1.02. The zero-order valence-electron chi connectivity index (χ0n) is 13.3. The van der Waals surface area contributed by atoms with Crippen molar-refractivity contribution >= 4 is 0 Å². The molecule has 0 spiro atoms. The SMILES string of the molecule is CC(C)Oc1ccccc1C1CC(C(C)C)CCC1N. The number of benzene rings is 1. The summed E-state index contributed by atoms with van der Waals surface area (Å²) in [6.45, 7) is 8.81. The van der Waals surface area contributed by atoms with Crippen LogP contribution < -0.4 is 10.5 Å². The largest absolute Gasteiger partial charge is 0.491 e. The van der Waals surface area contributed by atoms with Gasteiger partial charge in [-0.25, -0.2) is 0 Å². The molecular formula is C18H29NO. The molecule has 3 atom stereocenters. The Bertz CT molecular complexity index is 427. The van der Waals surface area contributed by atoms with Crippen molar-refractivity contribution in [3.63, 3.8) is 0 Å². The molecule has 0 heterocycles. The van der Waals surface area contributed by atoms with Crippen molar-refractivity contribution in [3.05, 3.63) is 29.8 Å². The first kappa shape index (κ1) is 15.4. The summed E-state index contributed by atoms with van der Waals surface area (Å²) in [5.41, 5.74) is 7.72. The second-order valence-electron chi connectivity index (χ2n) is 6.79. The fourth-order valence-corrected chi connectivity index (χ4v) is 3.34. The lowest BCUT2D eigenvalue weighted by molar-refractivity contribution is 0.214. The van der Waals surface area contributed by atoms with Crippen LogP contribution in [0.3, 0.4) is 0 Å². The van der Waals surface area contributed by atoms with Gasteiger partial charge in [0.15, 0.2) is 0 Å². The van der Waals surface area contributed by atoms with Gasteiger partial charge < -0.3 is 10.5 Å². The summed E-state index contributed by atoms with van der Waals surface area (Å²) in [5.74, 6) is 2.98. The van der Waals surface area contributed by atoms with Crippen LogP contribution in [0.4, 0.5) is 0 Å². The van der Waals surface area contributed by atoms with E-state index in [1.807, 2.05) is 0 Å². The Morgan fingerprint density at radius 2 is 1.80 bits per heavy atom. The molecule has 0 radical (unpaired) electrons. The second kappa shape index (κ2) is 6.62. The highest BCUT2D eigenvalue weighted by molar-refractivity contribution is 5.37. The van der Waals surface area contributed by atoms with Gasteiger partial charge in [-0.15, -0.1) is 0 Å². The summed E-state index contributed by atoms with van der Waals surface area (Å²) < 4.78 is 5.99. The van der Waals surface area contributed by atoms with Gasteiger partial charge in [-0.3, -0.25) is 0 Å². The molecule has 20 heavy (non-hydrogen) atoms. The molecule has 3 unspecified atom stereocenters. The van der Waals surface area contributed by atoms with Crippen molar-refractivity contribution in [1.29, 1.82) is 0 Å². The smallest absolute Gasteiger partial charge is 0.123 e. The zero-order valence-corrected chi connectivity index (χ0v) is 13.3. The molecule has 2 N–H and O–H groups in total. The maximum Gasteiger partial charge on any atom is 0.123 e. The normalized spacial score (nSPS) is 27.1. The lowest BCUT2D eigenvalue weighted by Crippen LogP contribution is -2.36. The van der Waals surface area contributed by atoms with Gasteiger partial charge in [-0.2, -0.15) is 0 Å². The summed E-state index contributed by atoms with van der Waals surface area (Å²) in [6, 6.07) is 8.71. The molecule has 2 rings (SSSR count). The van der Waals surface area contributed by atoms with E-state index in [1.54, 1.807) is 0 Å². The molecule has 1 saturated carbocycles. The van der Waals surface area contributed by atoms with Gasteiger partial charge in [0.25, 0.3) is 0 Å². The number of hydrogen-bond acceptors (Lipinski definition) is 2. The van der Waals surface area contributed by atoms with E-state index in [-0.39, 0.29) is 12.1 Å². The highest BCUT2D eigenvalue weighted by Gasteiger charge is 2.32. The molecule has 0 aliphatic heterocycles. The van der Waals surface area contributed by atoms with E-state index in [1.165, 1.54) is 18.4 Å². The van der Waals surface area contributed by atoms with E-state index in [0.29, 0.717) is 5.92 Å². The van der Waals surface area contributed by atoms with Gasteiger partial charge in [0.1, 0.15) is 5.75 Å². The molecule has 1 aromatic rings. The number of nitrogens with two attached hydrogens (primary N) is 1. The molecule has 1 aromatic carbocycles. The maximum atomic E-state index is 6.42. The molecule has 1 aliphatic carbocycles. The number of para-hydroxylation sites is 1. The third-order valence-electron chi connectivity index (χ3n) is 4.57. The molecule has 1 aliphatic rings. The predicted octanol–water partition coefficient (Wildman–Crippen LogP) is 4.34. The van der Waals surface area contributed by atoms with Gasteiger partial charge in [0.2, 0.25) is 0 Å². The minimum Gasteiger partial charge on any atom is -0.491 e. The average molecular weight is 275 g/mol. The van der Waals surface area contributed by atoms with Crippen LogP contribution in [0.15, 0.2) is 24.3 Å². The van der Waals surface area contributed by atoms with Crippen LogP contribution in [-0.2, 0) is 0 Å². The Morgan fingerprint density at radius 1 is 1.10 bits per heavy atom. The Balaban J connectivity index is 2.24. The highest BCUT2D eigenvalue weighted by Crippen LogP contribution is 2.41. The fraction of sp³-hybridized carbons (Fsp3) is 0.667. The van der Waals surface area contributed by atoms with Crippen LogP contribution in [0, 0.1) is 11.8 Å². The first-order valence-electron chi connectivity index (χ1n) is 8.00. The summed E-state index contributed by atoms with van der Waals surface area (Å²) in [7, 11) is 0. The molecule has 0 bridgehead atoms. The van der Waals surface area contributed by atoms with Crippen LogP contribution >= 0.6 is 0 Å². The number of hydrogen-bond donors (Lipinski definition) is 1. The number of ether oxygens (including phenoxy) is 1. The van der Waals surface area contributed by atoms with Gasteiger partial charge >= 0.3 is 0 Å². The topological polar surface area (TPSA) is 35.2 Å². The lowest BCUT2D eigenvalue weighted by atomic mass is 9.71. The van der Waals surface area contributed by atoms with Crippen molar-refractivity contribution in [2.24, 2.45) is 17.6 Å². The van der Waals surface area contributed by atoms with Crippen LogP contribution in [-0.4, -0.2) is 12.1 Å². The van der Waals surface area contributed by atoms with Crippen LogP contribution in [0.25, 0.3) is 0 Å². The van der Waals surface area contributed by atoms with Gasteiger partial charge in [-0.1, -0.05) is 32.0 Å². The van der Waals surface area contributed by atoms with Crippen molar-refractivity contribution in [3.8, 4) is 5.75 Å². The molecular weight excluding hydrogens is 246 g/mol. The van der Waals surface area contributed by atoms with E-state index in [2.05, 4.69) is 52.0 Å². The Morgan fingerprint density at radius 3 is 2.45 bits per heavy atom. The second-order valence-corrected chi connectivity index (χ2v) is 6.79. The Kier molecular flexibility index (Phi) is 5.09. The molecule has 0 aromatic heterocycles. The highest BCUT2D eigenvalue weighted by atomic mass is 16.5. The predicted molar refractivity (Wildman–Crippen MR) is 85.1 cm³/mol. The van der Waals surface area contributed by atoms with Crippen molar-refractivity contribution in [2.75, 3.05) is 0 Å². The van der Waals surface area contributed by atoms with E-state index in [4.69, 9.17) is 10.5 Å². The maximum absolute atomic E-state index is 6.42. The summed E-state index contributed by atoms with van der Waals surface area (Å²) in [6.07, 6.45) is 3.79. The number of rotatable bonds is 4. The van der Waals surface area contributed by atoms with E-state index in [0.717, 1.165) is 24.0 Å². The standard InChI is InChI=1S/C18H29NO/c1-12(2)14-9-10-17(19)16(11-14)15-7-5-6-8-18(15)20-13(3)4/h5-8,12-14,16-17H,9-11,19H2,1-4H3. The van der Waals surface area contributed by atoms with Gasteiger partial charge in [0, 0.05) is 12.0 Å². The van der Waals surface area contributed by atoms with E-state index in [9.17, 15) is 0 Å². The molecule has 0 saturated heterocycles. The first-order chi connectivity index (χ1) is 9.49. The monoisotopic (exact) mass is 275 g/mol. The van der Waals surface area contributed by atoms with E-state index >= 15 is 0 Å². The molecule has 0 amide bonds. The quantitative estimate of drug-likeness (QED) is 0.887. The molecule has 2 heteroatoms. The minimum atomic E-state index is 0.205. The van der Waals surface area contributed by atoms with Crippen molar-refractivity contribution in [2.45, 2.75) is 65.0 Å². The summed E-state index contributed by atoms with van der Waals surface area (Å²) in [4.78, 5) is 0. The van der Waals surface area contributed by atoms with Crippen LogP contribution in [0.5, 0.6) is 5.75 Å². The third kappa shape index (κ3) is 3.54. The fourth-order valence-electron chi connectivity index (χ4n) is 3.34. The zero-order chi connectivity index (χ0) is 14.7. The summed E-state index contributed by atoms with van der Waals surface area (Å²) >= 11 is 0. The van der Waals surface area contributed by atoms with Crippen LogP contribution in [0.2, 0.25) is 0 Å². The molecule has 112 valence electrons. The van der Waals surface area contributed by atoms with E-state index < -0.39 is 0 Å². The molecule has 2 nitrogen and oxygen atoms in total. The first-order valence-corrected chi connectivity index (χ1v) is 8.00. The summed E-state index contributed by atoms with van der Waals surface area (Å²) in [5, 5.41) is 0. The van der Waals surface area contributed by atoms with Crippen LogP contribution in [0.1, 0.15) is 58.4 Å². The average Bonchev–Trinajstić information content (AvgIpc) is 2.39. The van der Waals surface area contributed by atoms with Crippen molar-refractivity contribution < 1.29 is 4.74 Å².